The van der Waals surface area contributed by atoms with Crippen molar-refractivity contribution in [1.29, 1.82) is 0 Å². The van der Waals surface area contributed by atoms with Crippen LogP contribution in [0.2, 0.25) is 5.02 Å². The Bertz CT molecular complexity index is 584. The maximum atomic E-state index is 11.1. The summed E-state index contributed by atoms with van der Waals surface area (Å²) in [4.78, 5) is 11.1. The molecular weight excluding hydrogens is 260 g/mol. The molecule has 0 saturated heterocycles. The van der Waals surface area contributed by atoms with Crippen molar-refractivity contribution in [3.05, 3.63) is 70.2 Å². The highest BCUT2D eigenvalue weighted by molar-refractivity contribution is 6.30. The zero-order valence-electron chi connectivity index (χ0n) is 10.4. The number of carbonyl (C=O) groups is 1. The van der Waals surface area contributed by atoms with Gasteiger partial charge in [0, 0.05) is 23.7 Å². The molecule has 0 heterocycles. The topological polar surface area (TPSA) is 55.1 Å². The van der Waals surface area contributed by atoms with E-state index in [2.05, 4.69) is 5.32 Å². The van der Waals surface area contributed by atoms with Crippen LogP contribution in [-0.2, 0) is 13.1 Å². The van der Waals surface area contributed by atoms with Crippen LogP contribution < -0.4 is 11.1 Å². The number of halogens is 1. The van der Waals surface area contributed by atoms with Gasteiger partial charge in [-0.2, -0.15) is 0 Å². The Morgan fingerprint density at radius 1 is 1.05 bits per heavy atom. The highest BCUT2D eigenvalue weighted by atomic mass is 35.5. The Kier molecular flexibility index (Phi) is 4.55. The Balaban J connectivity index is 1.92. The molecule has 0 spiro atoms. The van der Waals surface area contributed by atoms with Crippen LogP contribution in [0.3, 0.4) is 0 Å². The molecule has 0 aromatic heterocycles. The van der Waals surface area contributed by atoms with Gasteiger partial charge in [0.25, 0.3) is 0 Å². The predicted octanol–water partition coefficient (Wildman–Crippen LogP) is 2.73. The van der Waals surface area contributed by atoms with E-state index in [4.69, 9.17) is 17.3 Å². The quantitative estimate of drug-likeness (QED) is 0.881. The second-order valence-electron chi connectivity index (χ2n) is 4.30. The number of nitrogens with two attached hydrogens (primary N) is 1. The summed E-state index contributed by atoms with van der Waals surface area (Å²) in [7, 11) is 0. The predicted molar refractivity (Wildman–Crippen MR) is 77.0 cm³/mol. The van der Waals surface area contributed by atoms with Gasteiger partial charge in [0.2, 0.25) is 5.91 Å². The lowest BCUT2D eigenvalue weighted by Crippen LogP contribution is -2.14. The Hall–Kier alpha value is -1.84. The van der Waals surface area contributed by atoms with Gasteiger partial charge in [-0.05, 0) is 35.4 Å². The standard InChI is InChI=1S/C15H15ClN2O/c16-14-6-2-4-12(8-14)10-18-9-11-3-1-5-13(7-11)15(17)19/h1-8,18H,9-10H2,(H2,17,19). The van der Waals surface area contributed by atoms with Gasteiger partial charge in [0.1, 0.15) is 0 Å². The third kappa shape index (κ3) is 4.09. The van der Waals surface area contributed by atoms with Crippen molar-refractivity contribution in [2.45, 2.75) is 13.1 Å². The summed E-state index contributed by atoms with van der Waals surface area (Å²) >= 11 is 5.92. The largest absolute Gasteiger partial charge is 0.366 e. The van der Waals surface area contributed by atoms with Gasteiger partial charge in [-0.3, -0.25) is 4.79 Å². The van der Waals surface area contributed by atoms with Gasteiger partial charge in [-0.1, -0.05) is 35.9 Å². The molecule has 0 aliphatic heterocycles. The van der Waals surface area contributed by atoms with Crippen molar-refractivity contribution < 1.29 is 4.79 Å². The van der Waals surface area contributed by atoms with Gasteiger partial charge in [-0.15, -0.1) is 0 Å². The normalized spacial score (nSPS) is 10.4. The van der Waals surface area contributed by atoms with Crippen molar-refractivity contribution in [3.63, 3.8) is 0 Å². The monoisotopic (exact) mass is 274 g/mol. The lowest BCUT2D eigenvalue weighted by atomic mass is 10.1. The van der Waals surface area contributed by atoms with Crippen LogP contribution in [0.5, 0.6) is 0 Å². The number of hydrogen-bond donors (Lipinski definition) is 2. The van der Waals surface area contributed by atoms with Crippen LogP contribution in [0.15, 0.2) is 48.5 Å². The highest BCUT2D eigenvalue weighted by Crippen LogP contribution is 2.10. The summed E-state index contributed by atoms with van der Waals surface area (Å²) in [6.07, 6.45) is 0. The van der Waals surface area contributed by atoms with E-state index in [1.165, 1.54) is 0 Å². The van der Waals surface area contributed by atoms with Gasteiger partial charge in [0.15, 0.2) is 0 Å². The zero-order chi connectivity index (χ0) is 13.7. The Morgan fingerprint density at radius 3 is 2.32 bits per heavy atom. The molecule has 2 aromatic rings. The fraction of sp³-hybridized carbons (Fsp3) is 0.133. The SMILES string of the molecule is NC(=O)c1cccc(CNCc2cccc(Cl)c2)c1. The van der Waals surface area contributed by atoms with Crippen LogP contribution in [0.25, 0.3) is 0 Å². The van der Waals surface area contributed by atoms with Crippen molar-refractivity contribution in [3.8, 4) is 0 Å². The maximum Gasteiger partial charge on any atom is 0.248 e. The minimum Gasteiger partial charge on any atom is -0.366 e. The van der Waals surface area contributed by atoms with Crippen LogP contribution in [0, 0.1) is 0 Å². The molecule has 19 heavy (non-hydrogen) atoms. The molecule has 0 radical (unpaired) electrons. The van der Waals surface area contributed by atoms with E-state index in [9.17, 15) is 4.79 Å². The van der Waals surface area contributed by atoms with Gasteiger partial charge >= 0.3 is 0 Å². The second kappa shape index (κ2) is 6.36. The van der Waals surface area contributed by atoms with Gasteiger partial charge in [-0.25, -0.2) is 0 Å². The molecule has 2 rings (SSSR count). The van der Waals surface area contributed by atoms with Crippen molar-refractivity contribution >= 4 is 17.5 Å². The lowest BCUT2D eigenvalue weighted by molar-refractivity contribution is 0.1000. The summed E-state index contributed by atoms with van der Waals surface area (Å²) < 4.78 is 0. The smallest absolute Gasteiger partial charge is 0.248 e. The summed E-state index contributed by atoms with van der Waals surface area (Å²) in [5.41, 5.74) is 7.92. The number of amides is 1. The fourth-order valence-electron chi connectivity index (χ4n) is 1.83. The number of benzene rings is 2. The average molecular weight is 275 g/mol. The van der Waals surface area contributed by atoms with Gasteiger partial charge < -0.3 is 11.1 Å². The Morgan fingerprint density at radius 2 is 1.68 bits per heavy atom. The summed E-state index contributed by atoms with van der Waals surface area (Å²) in [5, 5.41) is 4.03. The number of hydrogen-bond acceptors (Lipinski definition) is 2. The lowest BCUT2D eigenvalue weighted by Gasteiger charge is -2.06. The molecule has 3 N–H and O–H groups in total. The van der Waals surface area contributed by atoms with Crippen LogP contribution in [-0.4, -0.2) is 5.91 Å². The third-order valence-corrected chi connectivity index (χ3v) is 2.99. The highest BCUT2D eigenvalue weighted by Gasteiger charge is 2.01. The van der Waals surface area contributed by atoms with E-state index in [1.807, 2.05) is 36.4 Å². The molecule has 1 amide bonds. The molecule has 98 valence electrons. The molecule has 3 nitrogen and oxygen atoms in total. The van der Waals surface area contributed by atoms with E-state index >= 15 is 0 Å². The third-order valence-electron chi connectivity index (χ3n) is 2.76. The fourth-order valence-corrected chi connectivity index (χ4v) is 2.05. The number of rotatable bonds is 5. The number of primary amides is 1. The molecule has 0 saturated carbocycles. The van der Waals surface area contributed by atoms with E-state index in [1.54, 1.807) is 12.1 Å². The molecule has 2 aromatic carbocycles. The molecule has 0 fully saturated rings. The van der Waals surface area contributed by atoms with Crippen molar-refractivity contribution in [1.82, 2.24) is 5.32 Å². The average Bonchev–Trinajstić information content (AvgIpc) is 2.39. The first kappa shape index (κ1) is 13.6. The van der Waals surface area contributed by atoms with E-state index in [0.29, 0.717) is 12.1 Å². The minimum absolute atomic E-state index is 0.406. The molecule has 4 heteroatoms. The van der Waals surface area contributed by atoms with E-state index in [0.717, 1.165) is 22.7 Å². The molecule has 0 aliphatic rings. The van der Waals surface area contributed by atoms with Gasteiger partial charge in [0.05, 0.1) is 0 Å². The van der Waals surface area contributed by atoms with Crippen LogP contribution >= 0.6 is 11.6 Å². The number of carbonyl (C=O) groups excluding carboxylic acids is 1. The molecule has 0 atom stereocenters. The first-order valence-electron chi connectivity index (χ1n) is 5.99. The van der Waals surface area contributed by atoms with Crippen molar-refractivity contribution in [2.75, 3.05) is 0 Å². The zero-order valence-corrected chi connectivity index (χ0v) is 11.2. The Labute approximate surface area is 117 Å². The first-order chi connectivity index (χ1) is 9.15. The first-order valence-corrected chi connectivity index (χ1v) is 6.37. The van der Waals surface area contributed by atoms with E-state index in [-0.39, 0.29) is 0 Å². The summed E-state index contributed by atoms with van der Waals surface area (Å²) in [5.74, 6) is -0.406. The van der Waals surface area contributed by atoms with Crippen LogP contribution in [0.1, 0.15) is 21.5 Å². The maximum absolute atomic E-state index is 11.1. The van der Waals surface area contributed by atoms with Crippen LogP contribution in [0.4, 0.5) is 0 Å². The molecule has 0 aliphatic carbocycles. The minimum atomic E-state index is -0.406. The summed E-state index contributed by atoms with van der Waals surface area (Å²) in [6.45, 7) is 1.40. The number of nitrogens with one attached hydrogen (secondary N) is 1. The van der Waals surface area contributed by atoms with E-state index < -0.39 is 5.91 Å². The second-order valence-corrected chi connectivity index (χ2v) is 4.73. The molecule has 0 bridgehead atoms. The van der Waals surface area contributed by atoms with Crippen molar-refractivity contribution in [2.24, 2.45) is 5.73 Å². The molecule has 0 unspecified atom stereocenters. The summed E-state index contributed by atoms with van der Waals surface area (Å²) in [6, 6.07) is 15.0. The molecular formula is C15H15ClN2O.